The number of rotatable bonds is 14. The van der Waals surface area contributed by atoms with Crippen LogP contribution in [0.3, 0.4) is 0 Å². The van der Waals surface area contributed by atoms with Gasteiger partial charge in [-0.3, -0.25) is 49.5 Å². The summed E-state index contributed by atoms with van der Waals surface area (Å²) in [5.41, 5.74) is 1.91. The van der Waals surface area contributed by atoms with Gasteiger partial charge in [0.05, 0.1) is 49.9 Å². The van der Waals surface area contributed by atoms with Crippen molar-refractivity contribution in [1.29, 1.82) is 0 Å². The molecule has 316 valence electrons. The average Bonchev–Trinajstić information content (AvgIpc) is 3.27. The number of ketones is 4. The minimum absolute atomic E-state index is 0.00236. The Morgan fingerprint density at radius 2 is 1.18 bits per heavy atom. The van der Waals surface area contributed by atoms with Crippen molar-refractivity contribution in [2.45, 2.75) is 49.6 Å². The fourth-order valence-electron chi connectivity index (χ4n) is 7.60. The Hall–Kier alpha value is -7.36. The maximum atomic E-state index is 13.6. The van der Waals surface area contributed by atoms with Crippen molar-refractivity contribution in [3.63, 3.8) is 0 Å². The van der Waals surface area contributed by atoms with Gasteiger partial charge in [-0.15, -0.1) is 0 Å². The highest BCUT2D eigenvalue weighted by molar-refractivity contribution is 6.11. The van der Waals surface area contributed by atoms with Crippen LogP contribution >= 0.6 is 0 Å². The van der Waals surface area contributed by atoms with Crippen LogP contribution in [0.4, 0.5) is 5.69 Å². The standard InChI is InChI=1S/C29H26N2O8.C16H17NO5/c1-38-22-11-6-18(7-12-22)8-15-25(32)28-26(33)17-24(19-9-13-23(39-2)14-10-19)29(31(36)37)27(28)20-4-3-5-21(16-20)30(34)35;1-22-13-6-2-11(3-7-13)4-8-15(18)14-10-12(17(20)21)5-9-16(14)19/h3-16,24,27-29H,17H2,1-2H3;2-4,6-8,12,14H,5,9-10H2,1H3/b15-8+;8-4+. The zero-order valence-corrected chi connectivity index (χ0v) is 33.5. The summed E-state index contributed by atoms with van der Waals surface area (Å²) in [6.45, 7) is 0. The minimum Gasteiger partial charge on any atom is -0.497 e. The second kappa shape index (κ2) is 20.6. The third-order valence-corrected chi connectivity index (χ3v) is 10.8. The van der Waals surface area contributed by atoms with Gasteiger partial charge in [0.25, 0.3) is 5.69 Å². The van der Waals surface area contributed by atoms with Gasteiger partial charge in [-0.05, 0) is 70.8 Å². The van der Waals surface area contributed by atoms with Gasteiger partial charge in [0.2, 0.25) is 12.1 Å². The van der Waals surface area contributed by atoms with Gasteiger partial charge in [0, 0.05) is 47.7 Å². The molecule has 4 aromatic rings. The van der Waals surface area contributed by atoms with E-state index in [1.807, 2.05) is 0 Å². The summed E-state index contributed by atoms with van der Waals surface area (Å²) >= 11 is 0. The molecule has 2 saturated carbocycles. The molecule has 6 rings (SSSR count). The molecule has 0 radical (unpaired) electrons. The Kier molecular flexibility index (Phi) is 15.1. The van der Waals surface area contributed by atoms with Crippen LogP contribution in [0.2, 0.25) is 0 Å². The molecule has 16 nitrogen and oxygen atoms in total. The number of allylic oxidation sites excluding steroid dienone is 2. The van der Waals surface area contributed by atoms with E-state index in [0.717, 1.165) is 5.56 Å². The van der Waals surface area contributed by atoms with Crippen molar-refractivity contribution in [3.8, 4) is 17.2 Å². The third-order valence-electron chi connectivity index (χ3n) is 10.8. The highest BCUT2D eigenvalue weighted by Gasteiger charge is 2.54. The van der Waals surface area contributed by atoms with Gasteiger partial charge >= 0.3 is 0 Å². The molecule has 2 aliphatic carbocycles. The lowest BCUT2D eigenvalue weighted by Crippen LogP contribution is -2.48. The first-order chi connectivity index (χ1) is 29.2. The van der Waals surface area contributed by atoms with E-state index in [1.54, 1.807) is 86.0 Å². The average molecular weight is 834 g/mol. The molecule has 16 heteroatoms. The number of Topliss-reactive ketones (excluding diaryl/α,β-unsaturated/α-hetero) is 2. The quantitative estimate of drug-likeness (QED) is 0.0527. The zero-order valence-electron chi connectivity index (χ0n) is 33.5. The molecule has 0 N–H and O–H groups in total. The van der Waals surface area contributed by atoms with Crippen LogP contribution in [-0.4, -0.2) is 71.3 Å². The SMILES string of the molecule is COc1ccc(/C=C/C(=O)C2C(=O)CC(c3ccc(OC)cc3)C([N+](=O)[O-])C2c2cccc([N+](=O)[O-])c2)cc1.COc1ccc(/C=C/C(=O)C2CC([N+](=O)[O-])CCC2=O)cc1. The zero-order chi connectivity index (χ0) is 44.2. The smallest absolute Gasteiger partial charge is 0.269 e. The number of non-ortho nitro benzene ring substituents is 1. The third kappa shape index (κ3) is 11.2. The molecule has 0 saturated heterocycles. The van der Waals surface area contributed by atoms with Crippen molar-refractivity contribution >= 4 is 41.0 Å². The van der Waals surface area contributed by atoms with Crippen LogP contribution in [0.15, 0.2) is 109 Å². The summed E-state index contributed by atoms with van der Waals surface area (Å²) in [4.78, 5) is 84.4. The number of ether oxygens (including phenoxy) is 3. The predicted molar refractivity (Wildman–Crippen MR) is 223 cm³/mol. The van der Waals surface area contributed by atoms with Crippen LogP contribution in [-0.2, 0) is 19.2 Å². The van der Waals surface area contributed by atoms with Crippen LogP contribution in [0.25, 0.3) is 12.2 Å². The molecule has 61 heavy (non-hydrogen) atoms. The number of hydrogen-bond donors (Lipinski definition) is 0. The maximum Gasteiger partial charge on any atom is 0.269 e. The second-order valence-corrected chi connectivity index (χ2v) is 14.4. The molecule has 6 atom stereocenters. The molecular formula is C45H43N3O13. The van der Waals surface area contributed by atoms with Crippen molar-refractivity contribution in [2.24, 2.45) is 11.8 Å². The largest absolute Gasteiger partial charge is 0.497 e. The number of methoxy groups -OCH3 is 3. The highest BCUT2D eigenvalue weighted by Crippen LogP contribution is 2.46. The summed E-state index contributed by atoms with van der Waals surface area (Å²) in [7, 11) is 4.59. The molecule has 4 aromatic carbocycles. The monoisotopic (exact) mass is 833 g/mol. The summed E-state index contributed by atoms with van der Waals surface area (Å²) in [6, 6.07) is 23.7. The minimum atomic E-state index is -1.39. The molecule has 0 amide bonds. The number of carbonyl (C=O) groups excluding carboxylic acids is 4. The first-order valence-corrected chi connectivity index (χ1v) is 19.2. The van der Waals surface area contributed by atoms with Crippen LogP contribution in [0, 0.1) is 42.2 Å². The van der Waals surface area contributed by atoms with Crippen molar-refractivity contribution in [1.82, 2.24) is 0 Å². The van der Waals surface area contributed by atoms with Gasteiger partial charge in [-0.25, -0.2) is 0 Å². The lowest BCUT2D eigenvalue weighted by atomic mass is 9.64. The topological polar surface area (TPSA) is 225 Å². The van der Waals surface area contributed by atoms with E-state index in [1.165, 1.54) is 56.7 Å². The van der Waals surface area contributed by atoms with E-state index < -0.39 is 62.1 Å². The van der Waals surface area contributed by atoms with Gasteiger partial charge in [0.1, 0.15) is 28.8 Å². The number of hydrogen-bond acceptors (Lipinski definition) is 13. The first kappa shape index (κ1) is 44.7. The van der Waals surface area contributed by atoms with Crippen LogP contribution in [0.5, 0.6) is 17.2 Å². The van der Waals surface area contributed by atoms with Crippen molar-refractivity contribution in [2.75, 3.05) is 21.3 Å². The van der Waals surface area contributed by atoms with Crippen LogP contribution in [0.1, 0.15) is 59.8 Å². The normalized spacial score (nSPS) is 21.2. The first-order valence-electron chi connectivity index (χ1n) is 19.2. The Balaban J connectivity index is 0.000000271. The molecule has 6 unspecified atom stereocenters. The Labute approximate surface area is 350 Å². The van der Waals surface area contributed by atoms with Gasteiger partial charge in [0.15, 0.2) is 11.6 Å². The molecular weight excluding hydrogens is 791 g/mol. The number of nitrogens with zero attached hydrogens (tertiary/aromatic N) is 3. The fourth-order valence-corrected chi connectivity index (χ4v) is 7.60. The lowest BCUT2D eigenvalue weighted by molar-refractivity contribution is -0.533. The summed E-state index contributed by atoms with van der Waals surface area (Å²) < 4.78 is 15.4. The van der Waals surface area contributed by atoms with E-state index >= 15 is 0 Å². The molecule has 0 bridgehead atoms. The van der Waals surface area contributed by atoms with E-state index in [9.17, 15) is 49.5 Å². The predicted octanol–water partition coefficient (Wildman–Crippen LogP) is 7.29. The molecule has 2 fully saturated rings. The van der Waals surface area contributed by atoms with E-state index in [2.05, 4.69) is 0 Å². The van der Waals surface area contributed by atoms with Crippen LogP contribution < -0.4 is 14.2 Å². The summed E-state index contributed by atoms with van der Waals surface area (Å²) in [6.07, 6.45) is 5.78. The van der Waals surface area contributed by atoms with Gasteiger partial charge in [-0.2, -0.15) is 0 Å². The Morgan fingerprint density at radius 1 is 0.656 bits per heavy atom. The number of carbonyl (C=O) groups is 4. The number of nitro benzene ring substituents is 1. The maximum absolute atomic E-state index is 13.6. The lowest BCUT2D eigenvalue weighted by Gasteiger charge is -2.36. The van der Waals surface area contributed by atoms with Gasteiger partial charge in [-0.1, -0.05) is 60.7 Å². The van der Waals surface area contributed by atoms with E-state index in [0.29, 0.717) is 28.4 Å². The van der Waals surface area contributed by atoms with E-state index in [-0.39, 0.29) is 48.5 Å². The highest BCUT2D eigenvalue weighted by atomic mass is 16.6. The molecule has 0 aliphatic heterocycles. The summed E-state index contributed by atoms with van der Waals surface area (Å²) in [5, 5.41) is 34.9. The van der Waals surface area contributed by atoms with Gasteiger partial charge < -0.3 is 14.2 Å². The number of nitro groups is 3. The Bertz CT molecular complexity index is 2320. The van der Waals surface area contributed by atoms with E-state index in [4.69, 9.17) is 14.2 Å². The molecule has 0 spiro atoms. The second-order valence-electron chi connectivity index (χ2n) is 14.4. The number of benzene rings is 4. The molecule has 2 aliphatic rings. The van der Waals surface area contributed by atoms with Crippen molar-refractivity contribution < 1.29 is 48.2 Å². The van der Waals surface area contributed by atoms with Crippen molar-refractivity contribution in [3.05, 3.63) is 162 Å². The summed E-state index contributed by atoms with van der Waals surface area (Å²) in [5.74, 6) is -4.10. The molecule has 0 aromatic heterocycles. The fraction of sp³-hybridized carbons (Fsp3) is 0.289. The Morgan fingerprint density at radius 3 is 1.67 bits per heavy atom. The molecule has 0 heterocycles.